The van der Waals surface area contributed by atoms with Gasteiger partial charge >= 0.3 is 0 Å². The summed E-state index contributed by atoms with van der Waals surface area (Å²) in [4.78, 5) is 14.9. The molecule has 0 spiro atoms. The molecule has 0 bridgehead atoms. The van der Waals surface area contributed by atoms with Gasteiger partial charge < -0.3 is 10.2 Å². The van der Waals surface area contributed by atoms with Crippen molar-refractivity contribution >= 4 is 5.91 Å². The minimum atomic E-state index is 0.228. The maximum Gasteiger partial charge on any atom is 0.254 e. The Hall–Kier alpha value is -1.35. The molecule has 1 aromatic rings. The first-order valence-electron chi connectivity index (χ1n) is 7.17. The predicted octanol–water partition coefficient (Wildman–Crippen LogP) is 2.05. The van der Waals surface area contributed by atoms with E-state index in [-0.39, 0.29) is 5.91 Å². The molecule has 3 nitrogen and oxygen atoms in total. The van der Waals surface area contributed by atoms with Gasteiger partial charge in [0, 0.05) is 31.2 Å². The summed E-state index contributed by atoms with van der Waals surface area (Å²) in [6.45, 7) is 9.13. The molecule has 0 aliphatic carbocycles. The first-order chi connectivity index (χ1) is 9.08. The zero-order valence-electron chi connectivity index (χ0n) is 12.0. The number of carbonyl (C=O) groups is 1. The van der Waals surface area contributed by atoms with Crippen LogP contribution >= 0.6 is 0 Å². The second-order valence-electron chi connectivity index (χ2n) is 6.05. The molecule has 1 aromatic carbocycles. The lowest BCUT2D eigenvalue weighted by Gasteiger charge is -2.25. The number of nitrogens with one attached hydrogen (secondary N) is 1. The van der Waals surface area contributed by atoms with Gasteiger partial charge in [-0.1, -0.05) is 17.7 Å². The summed E-state index contributed by atoms with van der Waals surface area (Å²) in [6, 6.07) is 4.63. The van der Waals surface area contributed by atoms with Gasteiger partial charge in [-0.05, 0) is 44.2 Å². The molecular formula is C16H22N2O. The van der Waals surface area contributed by atoms with Crippen LogP contribution in [0.5, 0.6) is 0 Å². The average molecular weight is 258 g/mol. The summed E-state index contributed by atoms with van der Waals surface area (Å²) >= 11 is 0. The second kappa shape index (κ2) is 4.64. The number of fused-ring (bicyclic) bond motifs is 1. The molecule has 19 heavy (non-hydrogen) atoms. The summed E-state index contributed by atoms with van der Waals surface area (Å²) in [5.41, 5.74) is 4.36. The minimum absolute atomic E-state index is 0.228. The van der Waals surface area contributed by atoms with E-state index in [1.54, 1.807) is 0 Å². The van der Waals surface area contributed by atoms with Crippen LogP contribution in [-0.2, 0) is 0 Å². The number of aryl methyl sites for hydroxylation is 3. The van der Waals surface area contributed by atoms with Crippen LogP contribution in [0, 0.1) is 26.7 Å². The van der Waals surface area contributed by atoms with Gasteiger partial charge in [0.05, 0.1) is 0 Å². The summed E-state index contributed by atoms with van der Waals surface area (Å²) in [5, 5.41) is 3.41. The predicted molar refractivity (Wildman–Crippen MR) is 76.5 cm³/mol. The highest BCUT2D eigenvalue weighted by atomic mass is 16.2. The summed E-state index contributed by atoms with van der Waals surface area (Å²) in [5.74, 6) is 0.890. The normalized spacial score (nSPS) is 25.7. The smallest absolute Gasteiger partial charge is 0.254 e. The minimum Gasteiger partial charge on any atom is -0.334 e. The fraction of sp³-hybridized carbons (Fsp3) is 0.562. The standard InChI is InChI=1S/C16H22N2O/c1-10-6-11(2)15(12(3)7-10)16(19)18-5-4-13-8-17-9-14(13)18/h6-7,13-14,17H,4-5,8-9H2,1-3H3/t13-,14+/m0/s1. The number of nitrogens with zero attached hydrogens (tertiary/aromatic N) is 1. The molecule has 102 valence electrons. The molecule has 0 saturated carbocycles. The van der Waals surface area contributed by atoms with Crippen molar-refractivity contribution < 1.29 is 4.79 Å². The van der Waals surface area contributed by atoms with Crippen molar-refractivity contribution in [1.29, 1.82) is 0 Å². The van der Waals surface area contributed by atoms with Gasteiger partial charge in [-0.2, -0.15) is 0 Å². The maximum atomic E-state index is 12.8. The van der Waals surface area contributed by atoms with Crippen molar-refractivity contribution in [3.8, 4) is 0 Å². The monoisotopic (exact) mass is 258 g/mol. The van der Waals surface area contributed by atoms with E-state index < -0.39 is 0 Å². The number of amides is 1. The summed E-state index contributed by atoms with van der Waals surface area (Å²) in [7, 11) is 0. The van der Waals surface area contributed by atoms with Crippen LogP contribution < -0.4 is 5.32 Å². The van der Waals surface area contributed by atoms with Crippen LogP contribution in [-0.4, -0.2) is 36.5 Å². The van der Waals surface area contributed by atoms with Crippen molar-refractivity contribution in [2.45, 2.75) is 33.2 Å². The highest BCUT2D eigenvalue weighted by Crippen LogP contribution is 2.30. The Morgan fingerprint density at radius 1 is 1.21 bits per heavy atom. The highest BCUT2D eigenvalue weighted by Gasteiger charge is 2.40. The molecule has 2 atom stereocenters. The topological polar surface area (TPSA) is 32.3 Å². The average Bonchev–Trinajstić information content (AvgIpc) is 2.87. The highest BCUT2D eigenvalue weighted by molar-refractivity contribution is 5.97. The first-order valence-corrected chi connectivity index (χ1v) is 7.17. The lowest BCUT2D eigenvalue weighted by molar-refractivity contribution is 0.0735. The molecule has 2 fully saturated rings. The van der Waals surface area contributed by atoms with Gasteiger partial charge in [-0.25, -0.2) is 0 Å². The Morgan fingerprint density at radius 2 is 1.89 bits per heavy atom. The lowest BCUT2D eigenvalue weighted by atomic mass is 9.98. The third kappa shape index (κ3) is 2.06. The van der Waals surface area contributed by atoms with Crippen LogP contribution in [0.2, 0.25) is 0 Å². The SMILES string of the molecule is Cc1cc(C)c(C(=O)N2CC[C@H]3CNC[C@H]32)c(C)c1. The van der Waals surface area contributed by atoms with E-state index >= 15 is 0 Å². The van der Waals surface area contributed by atoms with Gasteiger partial charge in [-0.3, -0.25) is 4.79 Å². The molecule has 2 saturated heterocycles. The van der Waals surface area contributed by atoms with Crippen LogP contribution in [0.1, 0.15) is 33.5 Å². The van der Waals surface area contributed by atoms with Crippen LogP contribution in [0.3, 0.4) is 0 Å². The van der Waals surface area contributed by atoms with E-state index in [4.69, 9.17) is 0 Å². The van der Waals surface area contributed by atoms with E-state index in [2.05, 4.69) is 29.3 Å². The summed E-state index contributed by atoms with van der Waals surface area (Å²) < 4.78 is 0. The zero-order valence-corrected chi connectivity index (χ0v) is 12.0. The second-order valence-corrected chi connectivity index (χ2v) is 6.05. The van der Waals surface area contributed by atoms with Gasteiger partial charge in [0.1, 0.15) is 0 Å². The van der Waals surface area contributed by atoms with E-state index in [0.29, 0.717) is 12.0 Å². The molecule has 3 rings (SSSR count). The summed E-state index contributed by atoms with van der Waals surface area (Å²) in [6.07, 6.45) is 1.15. The quantitative estimate of drug-likeness (QED) is 0.836. The van der Waals surface area contributed by atoms with E-state index in [1.165, 1.54) is 5.56 Å². The number of rotatable bonds is 1. The Balaban J connectivity index is 1.92. The number of hydrogen-bond acceptors (Lipinski definition) is 2. The molecule has 2 aliphatic heterocycles. The number of likely N-dealkylation sites (tertiary alicyclic amines) is 1. The van der Waals surface area contributed by atoms with Crippen molar-refractivity contribution in [1.82, 2.24) is 10.2 Å². The van der Waals surface area contributed by atoms with E-state index in [9.17, 15) is 4.79 Å². The number of carbonyl (C=O) groups excluding carboxylic acids is 1. The third-order valence-corrected chi connectivity index (χ3v) is 4.60. The van der Waals surface area contributed by atoms with E-state index in [1.807, 2.05) is 13.8 Å². The van der Waals surface area contributed by atoms with Gasteiger partial charge in [0.25, 0.3) is 5.91 Å². The fourth-order valence-electron chi connectivity index (χ4n) is 3.76. The molecule has 1 N–H and O–H groups in total. The molecule has 2 aliphatic rings. The fourth-order valence-corrected chi connectivity index (χ4v) is 3.76. The van der Waals surface area contributed by atoms with Crippen LogP contribution in [0.15, 0.2) is 12.1 Å². The van der Waals surface area contributed by atoms with Crippen LogP contribution in [0.25, 0.3) is 0 Å². The van der Waals surface area contributed by atoms with Crippen molar-refractivity contribution in [2.75, 3.05) is 19.6 Å². The van der Waals surface area contributed by atoms with Gasteiger partial charge in [-0.15, -0.1) is 0 Å². The Bertz CT molecular complexity index is 500. The Kier molecular flexibility index (Phi) is 3.09. The molecule has 0 radical (unpaired) electrons. The third-order valence-electron chi connectivity index (χ3n) is 4.60. The van der Waals surface area contributed by atoms with Gasteiger partial charge in [0.2, 0.25) is 0 Å². The van der Waals surface area contributed by atoms with E-state index in [0.717, 1.165) is 42.7 Å². The van der Waals surface area contributed by atoms with Crippen molar-refractivity contribution in [3.05, 3.63) is 34.4 Å². The Labute approximate surface area is 115 Å². The van der Waals surface area contributed by atoms with Crippen molar-refractivity contribution in [3.63, 3.8) is 0 Å². The first kappa shape index (κ1) is 12.7. The number of benzene rings is 1. The molecule has 3 heteroatoms. The molecular weight excluding hydrogens is 236 g/mol. The molecule has 0 unspecified atom stereocenters. The Morgan fingerprint density at radius 3 is 2.58 bits per heavy atom. The largest absolute Gasteiger partial charge is 0.334 e. The lowest BCUT2D eigenvalue weighted by Crippen LogP contribution is -2.39. The van der Waals surface area contributed by atoms with Gasteiger partial charge in [0.15, 0.2) is 0 Å². The molecule has 0 aromatic heterocycles. The maximum absolute atomic E-state index is 12.8. The zero-order chi connectivity index (χ0) is 13.6. The van der Waals surface area contributed by atoms with Crippen LogP contribution in [0.4, 0.5) is 0 Å². The molecule has 2 heterocycles. The van der Waals surface area contributed by atoms with Crippen molar-refractivity contribution in [2.24, 2.45) is 5.92 Å². The molecule has 1 amide bonds. The number of hydrogen-bond donors (Lipinski definition) is 1.